The number of rotatable bonds is 4. The van der Waals surface area contributed by atoms with Crippen molar-refractivity contribution < 1.29 is 9.18 Å². The van der Waals surface area contributed by atoms with Gasteiger partial charge in [0.25, 0.3) is 0 Å². The summed E-state index contributed by atoms with van der Waals surface area (Å²) in [5.41, 5.74) is 1.03. The minimum atomic E-state index is -0.267. The molecule has 1 fully saturated rings. The van der Waals surface area contributed by atoms with Gasteiger partial charge in [0, 0.05) is 23.9 Å². The molecule has 1 aliphatic heterocycles. The van der Waals surface area contributed by atoms with Crippen LogP contribution in [-0.2, 0) is 4.79 Å². The van der Waals surface area contributed by atoms with Gasteiger partial charge in [-0.05, 0) is 37.1 Å². The highest BCUT2D eigenvalue weighted by atomic mass is 32.2. The van der Waals surface area contributed by atoms with E-state index < -0.39 is 0 Å². The second-order valence-corrected chi connectivity index (χ2v) is 8.50. The van der Waals surface area contributed by atoms with Gasteiger partial charge in [-0.3, -0.25) is 4.79 Å². The van der Waals surface area contributed by atoms with Crippen molar-refractivity contribution in [2.45, 2.75) is 23.7 Å². The largest absolute Gasteiger partial charge is 0.341 e. The molecule has 26 heavy (non-hydrogen) atoms. The number of thiazole rings is 1. The number of carbonyl (C=O) groups is 1. The van der Waals surface area contributed by atoms with E-state index >= 15 is 0 Å². The first-order valence-electron chi connectivity index (χ1n) is 8.71. The number of para-hydroxylation sites is 1. The SMILES string of the molecule is O=C(CSc1ccccc1F)N1CCC[C@H](c2nc3ccccc3s2)C1. The molecule has 0 N–H and O–H groups in total. The van der Waals surface area contributed by atoms with Crippen LogP contribution in [0.2, 0.25) is 0 Å². The third-order valence-electron chi connectivity index (χ3n) is 4.62. The van der Waals surface area contributed by atoms with E-state index in [2.05, 4.69) is 6.07 Å². The fourth-order valence-corrected chi connectivity index (χ4v) is 5.20. The smallest absolute Gasteiger partial charge is 0.232 e. The number of likely N-dealkylation sites (tertiary alicyclic amines) is 1. The number of halogens is 1. The van der Waals surface area contributed by atoms with Crippen molar-refractivity contribution in [3.8, 4) is 0 Å². The maximum Gasteiger partial charge on any atom is 0.232 e. The minimum absolute atomic E-state index is 0.0732. The summed E-state index contributed by atoms with van der Waals surface area (Å²) in [6, 6.07) is 14.8. The fourth-order valence-electron chi connectivity index (χ4n) is 3.26. The van der Waals surface area contributed by atoms with Gasteiger partial charge in [0.1, 0.15) is 5.82 Å². The second kappa shape index (κ2) is 7.76. The van der Waals surface area contributed by atoms with E-state index in [1.165, 1.54) is 22.5 Å². The number of aromatic nitrogens is 1. The third kappa shape index (κ3) is 3.76. The topological polar surface area (TPSA) is 33.2 Å². The summed E-state index contributed by atoms with van der Waals surface area (Å²) in [5.74, 6) is 0.372. The van der Waals surface area contributed by atoms with Gasteiger partial charge in [-0.2, -0.15) is 0 Å². The molecule has 1 aromatic heterocycles. The predicted octanol–water partition coefficient (Wildman–Crippen LogP) is 4.93. The molecule has 134 valence electrons. The number of hydrogen-bond acceptors (Lipinski definition) is 4. The monoisotopic (exact) mass is 386 g/mol. The molecule has 3 aromatic rings. The van der Waals surface area contributed by atoms with E-state index in [0.29, 0.717) is 17.4 Å². The Kier molecular flexibility index (Phi) is 5.22. The standard InChI is InChI=1S/C20H19FN2OS2/c21-15-7-1-3-9-17(15)25-13-19(24)23-11-5-6-14(12-23)20-22-16-8-2-4-10-18(16)26-20/h1-4,7-10,14H,5-6,11-13H2/t14-/m0/s1. The highest BCUT2D eigenvalue weighted by molar-refractivity contribution is 8.00. The number of amides is 1. The summed E-state index contributed by atoms with van der Waals surface area (Å²) in [7, 11) is 0. The zero-order valence-electron chi connectivity index (χ0n) is 14.2. The molecule has 0 unspecified atom stereocenters. The molecule has 1 aliphatic rings. The van der Waals surface area contributed by atoms with Crippen molar-refractivity contribution >= 4 is 39.2 Å². The Morgan fingerprint density at radius 1 is 1.23 bits per heavy atom. The van der Waals surface area contributed by atoms with Crippen LogP contribution >= 0.6 is 23.1 Å². The van der Waals surface area contributed by atoms with Crippen LogP contribution in [0, 0.1) is 5.82 Å². The van der Waals surface area contributed by atoms with Crippen molar-refractivity contribution in [1.29, 1.82) is 0 Å². The van der Waals surface area contributed by atoms with E-state index in [1.54, 1.807) is 29.5 Å². The lowest BCUT2D eigenvalue weighted by Gasteiger charge is -2.31. The predicted molar refractivity (Wildman–Crippen MR) is 105 cm³/mol. The number of piperidine rings is 1. The lowest BCUT2D eigenvalue weighted by molar-refractivity contribution is -0.129. The number of carbonyl (C=O) groups excluding carboxylic acids is 1. The van der Waals surface area contributed by atoms with Crippen LogP contribution in [0.5, 0.6) is 0 Å². The number of fused-ring (bicyclic) bond motifs is 1. The Bertz CT molecular complexity index is 894. The summed E-state index contributed by atoms with van der Waals surface area (Å²) in [4.78, 5) is 19.8. The first-order valence-corrected chi connectivity index (χ1v) is 10.5. The van der Waals surface area contributed by atoms with Crippen molar-refractivity contribution in [3.05, 3.63) is 59.4 Å². The van der Waals surface area contributed by atoms with Crippen LogP contribution < -0.4 is 0 Å². The van der Waals surface area contributed by atoms with Crippen LogP contribution in [-0.4, -0.2) is 34.6 Å². The summed E-state index contributed by atoms with van der Waals surface area (Å²) in [5, 5.41) is 1.12. The van der Waals surface area contributed by atoms with Gasteiger partial charge in [0.2, 0.25) is 5.91 Å². The lowest BCUT2D eigenvalue weighted by Crippen LogP contribution is -2.40. The Morgan fingerprint density at radius 2 is 2.04 bits per heavy atom. The maximum absolute atomic E-state index is 13.7. The summed E-state index contributed by atoms with van der Waals surface area (Å²) < 4.78 is 14.9. The van der Waals surface area contributed by atoms with Crippen LogP contribution in [0.3, 0.4) is 0 Å². The third-order valence-corrected chi connectivity index (χ3v) is 6.85. The summed E-state index contributed by atoms with van der Waals surface area (Å²) in [6.07, 6.45) is 2.04. The molecule has 1 atom stereocenters. The summed E-state index contributed by atoms with van der Waals surface area (Å²) >= 11 is 3.00. The molecular weight excluding hydrogens is 367 g/mol. The molecule has 1 amide bonds. The zero-order chi connectivity index (χ0) is 17.9. The number of benzene rings is 2. The molecule has 0 aliphatic carbocycles. The molecule has 2 aromatic carbocycles. The normalized spacial score (nSPS) is 17.6. The Balaban J connectivity index is 1.41. The minimum Gasteiger partial charge on any atom is -0.341 e. The van der Waals surface area contributed by atoms with Gasteiger partial charge in [-0.15, -0.1) is 23.1 Å². The molecule has 0 bridgehead atoms. The molecule has 2 heterocycles. The molecule has 1 saturated heterocycles. The number of thioether (sulfide) groups is 1. The van der Waals surface area contributed by atoms with Crippen molar-refractivity contribution in [1.82, 2.24) is 9.88 Å². The molecular formula is C20H19FN2OS2. The average Bonchev–Trinajstić information content (AvgIpc) is 3.11. The van der Waals surface area contributed by atoms with Crippen molar-refractivity contribution in [2.75, 3.05) is 18.8 Å². The van der Waals surface area contributed by atoms with Crippen LogP contribution in [0.15, 0.2) is 53.4 Å². The lowest BCUT2D eigenvalue weighted by atomic mass is 9.99. The Hall–Kier alpha value is -1.92. The van der Waals surface area contributed by atoms with E-state index in [-0.39, 0.29) is 17.5 Å². The van der Waals surface area contributed by atoms with E-state index in [1.807, 2.05) is 23.1 Å². The molecule has 0 saturated carbocycles. The van der Waals surface area contributed by atoms with E-state index in [4.69, 9.17) is 4.98 Å². The average molecular weight is 387 g/mol. The first kappa shape index (κ1) is 17.5. The highest BCUT2D eigenvalue weighted by Gasteiger charge is 2.27. The van der Waals surface area contributed by atoms with Crippen molar-refractivity contribution in [2.24, 2.45) is 0 Å². The van der Waals surface area contributed by atoms with Gasteiger partial charge in [-0.1, -0.05) is 24.3 Å². The number of nitrogens with zero attached hydrogens (tertiary/aromatic N) is 2. The highest BCUT2D eigenvalue weighted by Crippen LogP contribution is 2.33. The van der Waals surface area contributed by atoms with Crippen LogP contribution in [0.25, 0.3) is 10.2 Å². The van der Waals surface area contributed by atoms with Crippen molar-refractivity contribution in [3.63, 3.8) is 0 Å². The number of hydrogen-bond donors (Lipinski definition) is 0. The van der Waals surface area contributed by atoms with Gasteiger partial charge >= 0.3 is 0 Å². The van der Waals surface area contributed by atoms with Gasteiger partial charge in [0.05, 0.1) is 21.0 Å². The molecule has 0 spiro atoms. The van der Waals surface area contributed by atoms with Gasteiger partial charge in [-0.25, -0.2) is 9.37 Å². The molecule has 0 radical (unpaired) electrons. The van der Waals surface area contributed by atoms with Gasteiger partial charge < -0.3 is 4.90 Å². The quantitative estimate of drug-likeness (QED) is 0.596. The molecule has 4 rings (SSSR count). The van der Waals surface area contributed by atoms with Crippen LogP contribution in [0.1, 0.15) is 23.8 Å². The van der Waals surface area contributed by atoms with Gasteiger partial charge in [0.15, 0.2) is 0 Å². The molecule has 6 heteroatoms. The Labute approximate surface area is 160 Å². The first-order chi connectivity index (χ1) is 12.7. The van der Waals surface area contributed by atoms with Crippen LogP contribution in [0.4, 0.5) is 4.39 Å². The summed E-state index contributed by atoms with van der Waals surface area (Å²) in [6.45, 7) is 1.48. The maximum atomic E-state index is 13.7. The van der Waals surface area contributed by atoms with E-state index in [9.17, 15) is 9.18 Å². The zero-order valence-corrected chi connectivity index (χ0v) is 15.9. The Morgan fingerprint density at radius 3 is 2.88 bits per heavy atom. The fraction of sp³-hybridized carbons (Fsp3) is 0.300. The van der Waals surface area contributed by atoms with E-state index in [0.717, 1.165) is 29.9 Å². The molecule has 3 nitrogen and oxygen atoms in total. The second-order valence-electron chi connectivity index (χ2n) is 6.42.